The molecule has 0 aliphatic rings. The first kappa shape index (κ1) is 15.6. The summed E-state index contributed by atoms with van der Waals surface area (Å²) in [4.78, 5) is 10.3. The summed E-state index contributed by atoms with van der Waals surface area (Å²) in [7, 11) is -6.94. The average molecular weight is 306 g/mol. The molecule has 1 N–H and O–H groups in total. The molecule has 1 aromatic carbocycles. The van der Waals surface area contributed by atoms with Crippen molar-refractivity contribution in [2.75, 3.05) is 12.0 Å². The Morgan fingerprint density at radius 3 is 1.95 bits per heavy atom. The minimum absolute atomic E-state index is 0.00899. The lowest BCUT2D eigenvalue weighted by Gasteiger charge is -2.04. The zero-order valence-corrected chi connectivity index (χ0v) is 11.9. The molecule has 0 spiro atoms. The van der Waals surface area contributed by atoms with E-state index in [2.05, 4.69) is 0 Å². The second-order valence-corrected chi connectivity index (χ2v) is 8.18. The molecule has 0 heterocycles. The third kappa shape index (κ3) is 4.64. The molecule has 0 unspecified atom stereocenters. The number of hydrogen-bond acceptors (Lipinski definition) is 5. The summed E-state index contributed by atoms with van der Waals surface area (Å²) >= 11 is 0. The van der Waals surface area contributed by atoms with Crippen LogP contribution in [0.15, 0.2) is 34.1 Å². The Hall–Kier alpha value is -1.41. The number of sulfone groups is 2. The van der Waals surface area contributed by atoms with Crippen LogP contribution in [0.5, 0.6) is 0 Å². The number of carboxylic acids is 1. The van der Waals surface area contributed by atoms with Crippen LogP contribution in [0, 0.1) is 0 Å². The molecule has 0 atom stereocenters. The molecule has 0 bridgehead atoms. The topological polar surface area (TPSA) is 106 Å². The van der Waals surface area contributed by atoms with E-state index in [-0.39, 0.29) is 28.4 Å². The lowest BCUT2D eigenvalue weighted by Crippen LogP contribution is -2.09. The van der Waals surface area contributed by atoms with Crippen LogP contribution in [-0.2, 0) is 24.5 Å². The summed E-state index contributed by atoms with van der Waals surface area (Å²) in [6, 6.07) is 4.87. The highest BCUT2D eigenvalue weighted by molar-refractivity contribution is 7.91. The number of aliphatic carboxylic acids is 1. The van der Waals surface area contributed by atoms with Crippen molar-refractivity contribution in [3.63, 3.8) is 0 Å². The molecule has 1 rings (SSSR count). The van der Waals surface area contributed by atoms with Crippen LogP contribution >= 0.6 is 0 Å². The second-order valence-electron chi connectivity index (χ2n) is 4.06. The van der Waals surface area contributed by atoms with Gasteiger partial charge in [-0.1, -0.05) is 0 Å². The number of rotatable bonds is 6. The van der Waals surface area contributed by atoms with Crippen LogP contribution in [0.3, 0.4) is 0 Å². The van der Waals surface area contributed by atoms with Gasteiger partial charge in [-0.2, -0.15) is 0 Å². The highest BCUT2D eigenvalue weighted by Crippen LogP contribution is 2.16. The first-order valence-corrected chi connectivity index (χ1v) is 8.92. The number of carboxylic acid groups (broad SMARTS) is 1. The summed E-state index contributed by atoms with van der Waals surface area (Å²) in [6.07, 6.45) is 0.829. The van der Waals surface area contributed by atoms with E-state index in [4.69, 9.17) is 5.11 Å². The molecule has 0 amide bonds. The van der Waals surface area contributed by atoms with E-state index in [1.54, 1.807) is 0 Å². The molecule has 0 saturated carbocycles. The predicted molar refractivity (Wildman–Crippen MR) is 68.5 cm³/mol. The normalized spacial score (nSPS) is 12.3. The van der Waals surface area contributed by atoms with Crippen LogP contribution in [0.2, 0.25) is 0 Å². The van der Waals surface area contributed by atoms with Crippen molar-refractivity contribution in [3.8, 4) is 0 Å². The monoisotopic (exact) mass is 306 g/mol. The Labute approximate surface area is 111 Å². The number of carbonyl (C=O) groups is 1. The van der Waals surface area contributed by atoms with Crippen molar-refractivity contribution in [1.29, 1.82) is 0 Å². The first-order valence-electron chi connectivity index (χ1n) is 5.37. The maximum Gasteiger partial charge on any atom is 0.303 e. The SMILES string of the molecule is CS(=O)(=O)c1ccc(S(=O)(=O)CCCC(=O)O)cc1. The van der Waals surface area contributed by atoms with E-state index < -0.39 is 25.6 Å². The summed E-state index contributed by atoms with van der Waals surface area (Å²) in [5, 5.41) is 8.45. The maximum absolute atomic E-state index is 11.8. The lowest BCUT2D eigenvalue weighted by molar-refractivity contribution is -0.137. The molecule has 8 heteroatoms. The van der Waals surface area contributed by atoms with E-state index in [0.717, 1.165) is 6.26 Å². The Kier molecular flexibility index (Phi) is 4.70. The van der Waals surface area contributed by atoms with E-state index in [9.17, 15) is 21.6 Å². The van der Waals surface area contributed by atoms with Crippen molar-refractivity contribution in [1.82, 2.24) is 0 Å². The van der Waals surface area contributed by atoms with Gasteiger partial charge in [0.25, 0.3) is 0 Å². The van der Waals surface area contributed by atoms with Gasteiger partial charge in [-0.15, -0.1) is 0 Å². The van der Waals surface area contributed by atoms with Crippen LogP contribution in [0.1, 0.15) is 12.8 Å². The first-order chi connectivity index (χ1) is 8.63. The van der Waals surface area contributed by atoms with E-state index >= 15 is 0 Å². The standard InChI is InChI=1S/C11H14O6S2/c1-18(14,15)9-4-6-10(7-5-9)19(16,17)8-2-3-11(12)13/h4-7H,2-3,8H2,1H3,(H,12,13). The largest absolute Gasteiger partial charge is 0.481 e. The third-order valence-electron chi connectivity index (χ3n) is 2.41. The third-order valence-corrected chi connectivity index (χ3v) is 5.36. The average Bonchev–Trinajstić information content (AvgIpc) is 2.27. The van der Waals surface area contributed by atoms with Crippen LogP contribution in [-0.4, -0.2) is 39.9 Å². The van der Waals surface area contributed by atoms with E-state index in [1.807, 2.05) is 0 Å². The van der Waals surface area contributed by atoms with Gasteiger partial charge in [-0.3, -0.25) is 4.79 Å². The molecule has 0 fully saturated rings. The summed E-state index contributed by atoms with van der Waals surface area (Å²) in [5.41, 5.74) is 0. The summed E-state index contributed by atoms with van der Waals surface area (Å²) in [6.45, 7) is 0. The van der Waals surface area contributed by atoms with Gasteiger partial charge < -0.3 is 5.11 Å². The van der Waals surface area contributed by atoms with Gasteiger partial charge in [-0.25, -0.2) is 16.8 Å². The van der Waals surface area contributed by atoms with E-state index in [0.29, 0.717) is 0 Å². The van der Waals surface area contributed by atoms with Gasteiger partial charge in [0.2, 0.25) is 0 Å². The molecule has 6 nitrogen and oxygen atoms in total. The fraction of sp³-hybridized carbons (Fsp3) is 0.364. The van der Waals surface area contributed by atoms with Crippen molar-refractivity contribution in [2.24, 2.45) is 0 Å². The van der Waals surface area contributed by atoms with Crippen LogP contribution in [0.25, 0.3) is 0 Å². The van der Waals surface area contributed by atoms with Gasteiger partial charge in [0.15, 0.2) is 19.7 Å². The van der Waals surface area contributed by atoms with Crippen LogP contribution < -0.4 is 0 Å². The predicted octanol–water partition coefficient (Wildman–Crippen LogP) is 0.729. The molecule has 0 aliphatic heterocycles. The van der Waals surface area contributed by atoms with E-state index in [1.165, 1.54) is 24.3 Å². The smallest absolute Gasteiger partial charge is 0.303 e. The molecule has 0 aliphatic carbocycles. The molecule has 0 aromatic heterocycles. The maximum atomic E-state index is 11.8. The zero-order valence-electron chi connectivity index (χ0n) is 10.2. The van der Waals surface area contributed by atoms with Crippen molar-refractivity contribution < 1.29 is 26.7 Å². The van der Waals surface area contributed by atoms with Gasteiger partial charge in [0.1, 0.15) is 0 Å². The second kappa shape index (κ2) is 5.70. The molecular weight excluding hydrogens is 292 g/mol. The fourth-order valence-electron chi connectivity index (χ4n) is 1.43. The molecule has 0 saturated heterocycles. The molecular formula is C11H14O6S2. The van der Waals surface area contributed by atoms with Crippen molar-refractivity contribution in [2.45, 2.75) is 22.6 Å². The Balaban J connectivity index is 2.88. The molecule has 106 valence electrons. The number of hydrogen-bond donors (Lipinski definition) is 1. The van der Waals surface area contributed by atoms with Gasteiger partial charge >= 0.3 is 5.97 Å². The van der Waals surface area contributed by atoms with Gasteiger partial charge in [0, 0.05) is 12.7 Å². The van der Waals surface area contributed by atoms with Crippen molar-refractivity contribution in [3.05, 3.63) is 24.3 Å². The number of benzene rings is 1. The lowest BCUT2D eigenvalue weighted by atomic mass is 10.3. The molecule has 1 aromatic rings. The minimum Gasteiger partial charge on any atom is -0.481 e. The zero-order chi connectivity index (χ0) is 14.7. The Bertz CT molecular complexity index is 656. The van der Waals surface area contributed by atoms with Gasteiger partial charge in [-0.05, 0) is 30.7 Å². The molecule has 0 radical (unpaired) electrons. The van der Waals surface area contributed by atoms with Crippen molar-refractivity contribution >= 4 is 25.6 Å². The van der Waals surface area contributed by atoms with Crippen LogP contribution in [0.4, 0.5) is 0 Å². The summed E-state index contributed by atoms with van der Waals surface area (Å²) in [5.74, 6) is -1.33. The molecule has 19 heavy (non-hydrogen) atoms. The fourth-order valence-corrected chi connectivity index (χ4v) is 3.37. The minimum atomic E-state index is -3.58. The van der Waals surface area contributed by atoms with Gasteiger partial charge in [0.05, 0.1) is 15.5 Å². The summed E-state index contributed by atoms with van der Waals surface area (Å²) < 4.78 is 46.1. The Morgan fingerprint density at radius 2 is 1.53 bits per heavy atom. The quantitative estimate of drug-likeness (QED) is 0.830. The highest BCUT2D eigenvalue weighted by atomic mass is 32.2. The highest BCUT2D eigenvalue weighted by Gasteiger charge is 2.16. The Morgan fingerprint density at radius 1 is 1.05 bits per heavy atom.